The Hall–Kier alpha value is -0.240. The highest BCUT2D eigenvalue weighted by Gasteiger charge is 2.03. The highest BCUT2D eigenvalue weighted by atomic mass is 35.5. The molecule has 0 aliphatic heterocycles. The smallest absolute Gasteiger partial charge is 0.106 e. The molecular formula is C9H8Cl3N. The summed E-state index contributed by atoms with van der Waals surface area (Å²) in [6.45, 7) is 1.91. The van der Waals surface area contributed by atoms with Gasteiger partial charge in [-0.25, -0.2) is 4.99 Å². The van der Waals surface area contributed by atoms with Crippen molar-refractivity contribution < 1.29 is 0 Å². The topological polar surface area (TPSA) is 12.4 Å². The van der Waals surface area contributed by atoms with Crippen molar-refractivity contribution in [1.29, 1.82) is 0 Å². The van der Waals surface area contributed by atoms with E-state index < -0.39 is 0 Å². The second-order valence-corrected chi connectivity index (χ2v) is 3.66. The normalized spacial score (nSPS) is 11.8. The molecule has 0 radical (unpaired) electrons. The average molecular weight is 237 g/mol. The van der Waals surface area contributed by atoms with Crippen molar-refractivity contribution >= 4 is 45.7 Å². The quantitative estimate of drug-likeness (QED) is 0.662. The number of rotatable bonds is 2. The number of hydrogen-bond donors (Lipinski definition) is 0. The van der Waals surface area contributed by atoms with Gasteiger partial charge in [-0.3, -0.25) is 0 Å². The Labute approximate surface area is 92.3 Å². The van der Waals surface area contributed by atoms with Crippen LogP contribution in [0.5, 0.6) is 0 Å². The predicted molar refractivity (Wildman–Crippen MR) is 59.7 cm³/mol. The van der Waals surface area contributed by atoms with Crippen LogP contribution in [-0.2, 0) is 0 Å². The van der Waals surface area contributed by atoms with Gasteiger partial charge in [0, 0.05) is 0 Å². The lowest BCUT2D eigenvalue weighted by molar-refractivity contribution is 1.30. The van der Waals surface area contributed by atoms with Crippen molar-refractivity contribution in [2.24, 2.45) is 4.99 Å². The zero-order valence-electron chi connectivity index (χ0n) is 7.02. The molecule has 0 aliphatic rings. The lowest BCUT2D eigenvalue weighted by Gasteiger charge is -2.00. The third kappa shape index (κ3) is 2.87. The summed E-state index contributed by atoms with van der Waals surface area (Å²) in [4.78, 5) is 4.09. The fourth-order valence-corrected chi connectivity index (χ4v) is 1.36. The van der Waals surface area contributed by atoms with E-state index in [9.17, 15) is 0 Å². The Balaban J connectivity index is 3.14. The zero-order valence-corrected chi connectivity index (χ0v) is 9.29. The van der Waals surface area contributed by atoms with E-state index in [1.54, 1.807) is 18.2 Å². The van der Waals surface area contributed by atoms with E-state index in [4.69, 9.17) is 34.8 Å². The van der Waals surface area contributed by atoms with E-state index in [-0.39, 0.29) is 0 Å². The van der Waals surface area contributed by atoms with Gasteiger partial charge in [-0.1, -0.05) is 47.8 Å². The molecule has 0 heterocycles. The number of benzene rings is 1. The van der Waals surface area contributed by atoms with Gasteiger partial charge in [-0.15, -0.1) is 0 Å². The molecule has 0 saturated carbocycles. The van der Waals surface area contributed by atoms with Crippen molar-refractivity contribution in [3.05, 3.63) is 28.2 Å². The van der Waals surface area contributed by atoms with E-state index in [1.165, 1.54) is 0 Å². The highest BCUT2D eigenvalue weighted by molar-refractivity contribution is 6.65. The van der Waals surface area contributed by atoms with Crippen molar-refractivity contribution in [2.45, 2.75) is 13.3 Å². The Kier molecular flexibility index (Phi) is 4.04. The van der Waals surface area contributed by atoms with E-state index in [0.29, 0.717) is 27.3 Å². The zero-order chi connectivity index (χ0) is 9.84. The van der Waals surface area contributed by atoms with Crippen LogP contribution in [0.3, 0.4) is 0 Å². The molecule has 0 aliphatic carbocycles. The number of halogens is 3. The summed E-state index contributed by atoms with van der Waals surface area (Å²) in [5.74, 6) is 0. The first-order chi connectivity index (χ1) is 6.15. The van der Waals surface area contributed by atoms with Crippen molar-refractivity contribution in [1.82, 2.24) is 0 Å². The van der Waals surface area contributed by atoms with E-state index >= 15 is 0 Å². The minimum atomic E-state index is 0.495. The van der Waals surface area contributed by atoms with Gasteiger partial charge in [0.25, 0.3) is 0 Å². The molecular weight excluding hydrogens is 228 g/mol. The summed E-state index contributed by atoms with van der Waals surface area (Å²) in [6, 6.07) is 5.22. The van der Waals surface area contributed by atoms with Gasteiger partial charge in [-0.2, -0.15) is 0 Å². The second-order valence-electron chi connectivity index (χ2n) is 2.41. The maximum absolute atomic E-state index is 5.88. The molecule has 1 nitrogen and oxygen atoms in total. The fourth-order valence-electron chi connectivity index (χ4n) is 0.796. The van der Waals surface area contributed by atoms with Gasteiger partial charge < -0.3 is 0 Å². The summed E-state index contributed by atoms with van der Waals surface area (Å²) in [7, 11) is 0. The Morgan fingerprint density at radius 3 is 2.31 bits per heavy atom. The summed E-state index contributed by atoms with van der Waals surface area (Å²) in [5.41, 5.74) is 0.540. The maximum Gasteiger partial charge on any atom is 0.106 e. The molecule has 0 N–H and O–H groups in total. The number of nitrogens with zero attached hydrogens (tertiary/aromatic N) is 1. The first-order valence-electron chi connectivity index (χ1n) is 3.82. The van der Waals surface area contributed by atoms with Crippen LogP contribution in [0.15, 0.2) is 23.2 Å². The number of aliphatic imine (C=N–C) groups is 1. The molecule has 13 heavy (non-hydrogen) atoms. The molecule has 1 rings (SSSR count). The van der Waals surface area contributed by atoms with Crippen LogP contribution in [0, 0.1) is 0 Å². The molecule has 0 amide bonds. The molecule has 0 aromatic heterocycles. The van der Waals surface area contributed by atoms with Gasteiger partial charge in [0.2, 0.25) is 0 Å². The van der Waals surface area contributed by atoms with Crippen molar-refractivity contribution in [3.63, 3.8) is 0 Å². The minimum Gasteiger partial charge on any atom is -0.238 e. The Morgan fingerprint density at radius 2 is 1.85 bits per heavy atom. The van der Waals surface area contributed by atoms with E-state index in [0.717, 1.165) is 0 Å². The lowest BCUT2D eigenvalue weighted by atomic mass is 10.3. The van der Waals surface area contributed by atoms with E-state index in [1.807, 2.05) is 6.92 Å². The van der Waals surface area contributed by atoms with Crippen LogP contribution in [0.4, 0.5) is 5.69 Å². The minimum absolute atomic E-state index is 0.495. The number of hydrogen-bond acceptors (Lipinski definition) is 1. The van der Waals surface area contributed by atoms with Gasteiger partial charge in [0.15, 0.2) is 0 Å². The van der Waals surface area contributed by atoms with E-state index in [2.05, 4.69) is 4.99 Å². The van der Waals surface area contributed by atoms with Crippen LogP contribution >= 0.6 is 34.8 Å². The van der Waals surface area contributed by atoms with Gasteiger partial charge >= 0.3 is 0 Å². The Bertz CT molecular complexity index is 313. The molecule has 70 valence electrons. The third-order valence-electron chi connectivity index (χ3n) is 1.46. The van der Waals surface area contributed by atoms with Gasteiger partial charge in [-0.05, 0) is 18.6 Å². The van der Waals surface area contributed by atoms with Gasteiger partial charge in [0.05, 0.1) is 10.0 Å². The summed E-state index contributed by atoms with van der Waals surface area (Å²) in [5, 5.41) is 1.52. The molecule has 0 atom stereocenters. The maximum atomic E-state index is 5.88. The molecule has 0 spiro atoms. The molecule has 1 aromatic carbocycles. The SMILES string of the molecule is CCC(Cl)=Nc1c(Cl)cccc1Cl. The average Bonchev–Trinajstić information content (AvgIpc) is 2.11. The highest BCUT2D eigenvalue weighted by Crippen LogP contribution is 2.33. The first kappa shape index (κ1) is 10.8. The van der Waals surface area contributed by atoms with Crippen LogP contribution in [0.1, 0.15) is 13.3 Å². The monoisotopic (exact) mass is 235 g/mol. The molecule has 0 saturated heterocycles. The van der Waals surface area contributed by atoms with Crippen LogP contribution in [0.25, 0.3) is 0 Å². The van der Waals surface area contributed by atoms with Gasteiger partial charge in [0.1, 0.15) is 10.9 Å². The summed E-state index contributed by atoms with van der Waals surface area (Å²) >= 11 is 17.5. The summed E-state index contributed by atoms with van der Waals surface area (Å²) in [6.07, 6.45) is 0.670. The van der Waals surface area contributed by atoms with Crippen molar-refractivity contribution in [2.75, 3.05) is 0 Å². The molecule has 0 fully saturated rings. The second kappa shape index (κ2) is 4.85. The first-order valence-corrected chi connectivity index (χ1v) is 4.95. The fraction of sp³-hybridized carbons (Fsp3) is 0.222. The number of para-hydroxylation sites is 1. The lowest BCUT2D eigenvalue weighted by Crippen LogP contribution is -1.82. The standard InChI is InChI=1S/C9H8Cl3N/c1-2-8(12)13-9-6(10)4-3-5-7(9)11/h3-5H,2H2,1H3. The van der Waals surface area contributed by atoms with Crippen LogP contribution in [0.2, 0.25) is 10.0 Å². The molecule has 1 aromatic rings. The predicted octanol–water partition coefficient (Wildman–Crippen LogP) is 4.67. The van der Waals surface area contributed by atoms with Crippen molar-refractivity contribution in [3.8, 4) is 0 Å². The third-order valence-corrected chi connectivity index (χ3v) is 2.42. The molecule has 0 unspecified atom stereocenters. The summed E-state index contributed by atoms with van der Waals surface area (Å²) < 4.78 is 0. The molecule has 4 heteroatoms. The molecule has 0 bridgehead atoms. The Morgan fingerprint density at radius 1 is 1.31 bits per heavy atom. The largest absolute Gasteiger partial charge is 0.238 e. The van der Waals surface area contributed by atoms with Crippen LogP contribution in [-0.4, -0.2) is 5.17 Å². The van der Waals surface area contributed by atoms with Crippen LogP contribution < -0.4 is 0 Å².